The predicted molar refractivity (Wildman–Crippen MR) is 218 cm³/mol. The number of aryl methyl sites for hydroxylation is 1. The molecule has 3 saturated heterocycles. The normalized spacial score (nSPS) is 30.0. The van der Waals surface area contributed by atoms with Gasteiger partial charge in [0.05, 0.1) is 12.1 Å². The van der Waals surface area contributed by atoms with E-state index in [0.29, 0.717) is 49.1 Å². The van der Waals surface area contributed by atoms with Crippen LogP contribution >= 0.6 is 0 Å². The van der Waals surface area contributed by atoms with Gasteiger partial charge in [-0.05, 0) is 121 Å². The Bertz CT molecular complexity index is 2130. The van der Waals surface area contributed by atoms with Crippen molar-refractivity contribution in [3.05, 3.63) is 118 Å². The number of morpholine rings is 1. The van der Waals surface area contributed by atoms with Crippen LogP contribution in [0.15, 0.2) is 95.8 Å². The van der Waals surface area contributed by atoms with Crippen LogP contribution < -0.4 is 15.6 Å². The molecule has 0 radical (unpaired) electrons. The lowest BCUT2D eigenvalue weighted by atomic mass is 9.69. The number of hydrogen-bond acceptors (Lipinski definition) is 8. The number of fused-ring (bicyclic) bond motifs is 4. The number of benzene rings is 3. The second kappa shape index (κ2) is 15.6. The summed E-state index contributed by atoms with van der Waals surface area (Å²) >= 11 is 0. The molecule has 0 aromatic heterocycles. The van der Waals surface area contributed by atoms with E-state index < -0.39 is 6.04 Å². The molecule has 1 saturated carbocycles. The van der Waals surface area contributed by atoms with Crippen molar-refractivity contribution in [3.63, 3.8) is 0 Å². The van der Waals surface area contributed by atoms with E-state index in [0.717, 1.165) is 75.2 Å². The first-order chi connectivity index (χ1) is 28.4. The molecule has 10 rings (SSSR count). The van der Waals surface area contributed by atoms with Crippen molar-refractivity contribution < 1.29 is 28.6 Å². The Morgan fingerprint density at radius 2 is 1.69 bits per heavy atom. The zero-order valence-corrected chi connectivity index (χ0v) is 32.9. The fraction of sp³-hybridized carbons (Fsp3) is 0.468. The molecule has 3 aliphatic carbocycles. The van der Waals surface area contributed by atoms with Crippen LogP contribution in [0.1, 0.15) is 85.5 Å². The van der Waals surface area contributed by atoms with Gasteiger partial charge in [-0.3, -0.25) is 29.5 Å². The molecule has 2 N–H and O–H groups in total. The highest BCUT2D eigenvalue weighted by Gasteiger charge is 2.46. The number of nitrogens with one attached hydrogen (secondary N) is 2. The SMILES string of the molecule is O=C1CCC(N2CC3=C(C=C4OC[C@@H]5CN(CC6CCC(Nc7ccc(C8c9ccc(OF)cc9CCC8c8ccccc8)cc7)CC6)CCN5C4C3)C2=O)C(=O)N1. The molecule has 10 nitrogen and oxygen atoms in total. The molecule has 0 bridgehead atoms. The summed E-state index contributed by atoms with van der Waals surface area (Å²) in [6, 6.07) is 25.8. The minimum Gasteiger partial charge on any atom is -0.495 e. The highest BCUT2D eigenvalue weighted by Crippen LogP contribution is 2.47. The van der Waals surface area contributed by atoms with Crippen molar-refractivity contribution in [2.45, 2.75) is 93.8 Å². The minimum atomic E-state index is -0.595. The Hall–Kier alpha value is -5.00. The Labute approximate surface area is 339 Å². The molecule has 4 unspecified atom stereocenters. The fourth-order valence-corrected chi connectivity index (χ4v) is 11.3. The Kier molecular flexibility index (Phi) is 10.1. The molecule has 58 heavy (non-hydrogen) atoms. The first-order valence-corrected chi connectivity index (χ1v) is 21.4. The van der Waals surface area contributed by atoms with E-state index in [9.17, 15) is 18.9 Å². The fourth-order valence-electron chi connectivity index (χ4n) is 11.3. The van der Waals surface area contributed by atoms with Crippen molar-refractivity contribution in [1.82, 2.24) is 20.0 Å². The number of ether oxygens (including phenoxy) is 1. The molecule has 5 atom stereocenters. The monoisotopic (exact) mass is 785 g/mol. The van der Waals surface area contributed by atoms with Crippen LogP contribution in [0.5, 0.6) is 5.75 Å². The van der Waals surface area contributed by atoms with Gasteiger partial charge in [-0.2, -0.15) is 0 Å². The van der Waals surface area contributed by atoms with Crippen LogP contribution in [0.4, 0.5) is 10.2 Å². The molecular formula is C47H52FN5O5. The average molecular weight is 786 g/mol. The maximum absolute atomic E-state index is 13.4. The second-order valence-corrected chi connectivity index (χ2v) is 17.6. The van der Waals surface area contributed by atoms with Gasteiger partial charge < -0.3 is 19.9 Å². The Morgan fingerprint density at radius 1 is 0.862 bits per heavy atom. The van der Waals surface area contributed by atoms with Crippen LogP contribution in [0.3, 0.4) is 0 Å². The van der Waals surface area contributed by atoms with Crippen molar-refractivity contribution in [3.8, 4) is 5.75 Å². The highest BCUT2D eigenvalue weighted by atomic mass is 19.3. The van der Waals surface area contributed by atoms with E-state index in [2.05, 4.69) is 86.0 Å². The predicted octanol–water partition coefficient (Wildman–Crippen LogP) is 6.40. The van der Waals surface area contributed by atoms with Crippen LogP contribution in [0.25, 0.3) is 0 Å². The summed E-state index contributed by atoms with van der Waals surface area (Å²) in [5, 5.41) is 6.26. The van der Waals surface area contributed by atoms with E-state index in [1.807, 2.05) is 12.1 Å². The van der Waals surface area contributed by atoms with Crippen LogP contribution in [-0.2, 0) is 25.5 Å². The van der Waals surface area contributed by atoms with E-state index in [1.165, 1.54) is 35.2 Å². The summed E-state index contributed by atoms with van der Waals surface area (Å²) in [7, 11) is 0. The lowest BCUT2D eigenvalue weighted by Gasteiger charge is -2.50. The number of carbonyl (C=O) groups is 3. The maximum atomic E-state index is 13.4. The van der Waals surface area contributed by atoms with Gasteiger partial charge in [-0.15, -0.1) is 0 Å². The minimum absolute atomic E-state index is 0.124. The topological polar surface area (TPSA) is 103 Å². The van der Waals surface area contributed by atoms with Crippen LogP contribution in [-0.4, -0.2) is 95.9 Å². The van der Waals surface area contributed by atoms with Gasteiger partial charge in [0.2, 0.25) is 11.8 Å². The van der Waals surface area contributed by atoms with E-state index in [4.69, 9.17) is 4.74 Å². The third kappa shape index (κ3) is 7.10. The van der Waals surface area contributed by atoms with Crippen LogP contribution in [0.2, 0.25) is 0 Å². The molecule has 7 aliphatic rings. The molecule has 3 aromatic carbocycles. The average Bonchev–Trinajstić information content (AvgIpc) is 3.57. The van der Waals surface area contributed by atoms with Gasteiger partial charge in [0.15, 0.2) is 5.75 Å². The number of anilines is 1. The standard InChI is InChI=1S/C47H52FN5O5/c48-58-37-15-17-39-32(22-37)10-16-38(30-4-2-1-3-5-30)45(39)31-8-13-35(14-9-31)49-34-11-6-29(7-12-34)25-51-20-21-52-36(27-51)28-57-43-24-40-33(23-42(43)52)26-53(47(40)56)41-18-19-44(54)50-46(41)55/h1-5,8-9,13-15,17,22,24,29,34,36,38,41-42,45,49H,6-7,10-12,16,18-21,23,25-28H2,(H,50,54,55)/t29?,34?,36-,38?,41?,42?,45?/m0/s1. The number of imide groups is 1. The molecule has 11 heteroatoms. The van der Waals surface area contributed by atoms with Gasteiger partial charge in [-0.1, -0.05) is 48.5 Å². The number of piperazine rings is 1. The largest absolute Gasteiger partial charge is 0.495 e. The van der Waals surface area contributed by atoms with Gasteiger partial charge in [-0.25, -0.2) is 0 Å². The van der Waals surface area contributed by atoms with E-state index >= 15 is 0 Å². The lowest BCUT2D eigenvalue weighted by molar-refractivity contribution is -0.142. The number of amides is 3. The number of nitrogens with zero attached hydrogens (tertiary/aromatic N) is 3. The molecule has 4 heterocycles. The summed E-state index contributed by atoms with van der Waals surface area (Å²) in [5.74, 6) is 1.60. The molecule has 0 spiro atoms. The third-order valence-electron chi connectivity index (χ3n) is 14.2. The Balaban J connectivity index is 0.718. The van der Waals surface area contributed by atoms with Gasteiger partial charge >= 0.3 is 0 Å². The summed E-state index contributed by atoms with van der Waals surface area (Å²) in [6.07, 6.45) is 9.95. The van der Waals surface area contributed by atoms with Crippen molar-refractivity contribution in [1.29, 1.82) is 0 Å². The zero-order valence-electron chi connectivity index (χ0n) is 32.9. The number of hydrogen-bond donors (Lipinski definition) is 2. The van der Waals surface area contributed by atoms with Gasteiger partial charge in [0.25, 0.3) is 5.91 Å². The maximum Gasteiger partial charge on any atom is 0.254 e. The molecular weight excluding hydrogens is 734 g/mol. The number of piperidine rings is 1. The van der Waals surface area contributed by atoms with E-state index in [1.54, 1.807) is 11.0 Å². The van der Waals surface area contributed by atoms with Gasteiger partial charge in [0, 0.05) is 66.9 Å². The Morgan fingerprint density at radius 3 is 2.48 bits per heavy atom. The van der Waals surface area contributed by atoms with Crippen molar-refractivity contribution >= 4 is 23.4 Å². The molecule has 4 aliphatic heterocycles. The van der Waals surface area contributed by atoms with Crippen LogP contribution in [0, 0.1) is 5.92 Å². The quantitative estimate of drug-likeness (QED) is 0.253. The molecule has 4 fully saturated rings. The summed E-state index contributed by atoms with van der Waals surface area (Å²) in [5.41, 5.74) is 7.95. The first-order valence-electron chi connectivity index (χ1n) is 21.4. The van der Waals surface area contributed by atoms with Crippen molar-refractivity contribution in [2.24, 2.45) is 5.92 Å². The highest BCUT2D eigenvalue weighted by molar-refractivity contribution is 6.06. The van der Waals surface area contributed by atoms with E-state index in [-0.39, 0.29) is 41.9 Å². The molecule has 3 amide bonds. The number of rotatable bonds is 8. The second-order valence-electron chi connectivity index (χ2n) is 17.6. The molecule has 3 aromatic rings. The summed E-state index contributed by atoms with van der Waals surface area (Å²) < 4.78 is 19.4. The smallest absolute Gasteiger partial charge is 0.254 e. The number of halogens is 1. The van der Waals surface area contributed by atoms with Crippen molar-refractivity contribution in [2.75, 3.05) is 44.6 Å². The summed E-state index contributed by atoms with van der Waals surface area (Å²) in [4.78, 5) is 48.7. The number of carbonyl (C=O) groups excluding carboxylic acids is 3. The zero-order chi connectivity index (χ0) is 39.3. The third-order valence-corrected chi connectivity index (χ3v) is 14.2. The van der Waals surface area contributed by atoms with Gasteiger partial charge in [0.1, 0.15) is 18.4 Å². The first kappa shape index (κ1) is 37.3. The lowest BCUT2D eigenvalue weighted by Crippen LogP contribution is -2.62. The molecule has 302 valence electrons. The summed E-state index contributed by atoms with van der Waals surface area (Å²) in [6.45, 7) is 5.18.